The van der Waals surface area contributed by atoms with Crippen LogP contribution in [0.2, 0.25) is 0 Å². The highest BCUT2D eigenvalue weighted by atomic mass is 16.5. The van der Waals surface area contributed by atoms with Gasteiger partial charge in [0, 0.05) is 19.6 Å². The Morgan fingerprint density at radius 1 is 1.15 bits per heavy atom. The largest absolute Gasteiger partial charge is 0.496 e. The minimum absolute atomic E-state index is 0.108. The Bertz CT molecular complexity index is 820. The van der Waals surface area contributed by atoms with Crippen LogP contribution in [-0.2, 0) is 16.8 Å². The summed E-state index contributed by atoms with van der Waals surface area (Å²) in [6.07, 6.45) is 0.522. The second kappa shape index (κ2) is 7.17. The number of hydrogen-bond acceptors (Lipinski definition) is 4. The zero-order valence-electron chi connectivity index (χ0n) is 14.5. The van der Waals surface area contributed by atoms with Crippen molar-refractivity contribution >= 4 is 11.9 Å². The van der Waals surface area contributed by atoms with Crippen molar-refractivity contribution < 1.29 is 24.5 Å². The van der Waals surface area contributed by atoms with Crippen LogP contribution in [0, 0.1) is 0 Å². The lowest BCUT2D eigenvalue weighted by Crippen LogP contribution is -2.38. The van der Waals surface area contributed by atoms with Gasteiger partial charge in [0.15, 0.2) is 0 Å². The molecule has 1 atom stereocenters. The van der Waals surface area contributed by atoms with Crippen molar-refractivity contribution in [3.05, 3.63) is 65.2 Å². The summed E-state index contributed by atoms with van der Waals surface area (Å²) in [6, 6.07) is 14.3. The molecule has 0 aliphatic carbocycles. The predicted octanol–water partition coefficient (Wildman–Crippen LogP) is 2.62. The SMILES string of the molecule is COc1ccc(CN2CCC(C(=O)O)(c3ccccc3)C2)cc1C(=O)O. The molecule has 1 aliphatic heterocycles. The number of aromatic carboxylic acids is 1. The van der Waals surface area contributed by atoms with Gasteiger partial charge in [0.1, 0.15) is 16.7 Å². The molecule has 1 aliphatic rings. The maximum atomic E-state index is 12.0. The molecule has 6 nitrogen and oxygen atoms in total. The zero-order valence-corrected chi connectivity index (χ0v) is 14.5. The van der Waals surface area contributed by atoms with Crippen LogP contribution in [0.25, 0.3) is 0 Å². The molecule has 6 heteroatoms. The Labute approximate surface area is 151 Å². The quantitative estimate of drug-likeness (QED) is 0.828. The summed E-state index contributed by atoms with van der Waals surface area (Å²) in [5, 5.41) is 19.2. The lowest BCUT2D eigenvalue weighted by atomic mass is 9.80. The number of nitrogens with zero attached hydrogens (tertiary/aromatic N) is 1. The molecule has 2 N–H and O–H groups in total. The molecule has 0 radical (unpaired) electrons. The topological polar surface area (TPSA) is 87.1 Å². The Hall–Kier alpha value is -2.86. The van der Waals surface area contributed by atoms with Gasteiger partial charge in [-0.1, -0.05) is 36.4 Å². The number of ether oxygens (including phenoxy) is 1. The van der Waals surface area contributed by atoms with E-state index < -0.39 is 17.4 Å². The lowest BCUT2D eigenvalue weighted by Gasteiger charge is -2.25. The van der Waals surface area contributed by atoms with Gasteiger partial charge in [-0.15, -0.1) is 0 Å². The molecule has 0 bridgehead atoms. The molecule has 1 fully saturated rings. The minimum atomic E-state index is -1.05. The van der Waals surface area contributed by atoms with Gasteiger partial charge in [-0.05, 0) is 29.7 Å². The number of rotatable bonds is 6. The summed E-state index contributed by atoms with van der Waals surface area (Å²) in [4.78, 5) is 25.5. The predicted molar refractivity (Wildman–Crippen MR) is 95.6 cm³/mol. The van der Waals surface area contributed by atoms with E-state index in [2.05, 4.69) is 4.90 Å². The van der Waals surface area contributed by atoms with Crippen molar-refractivity contribution in [2.24, 2.45) is 0 Å². The second-order valence-electron chi connectivity index (χ2n) is 6.55. The third-order valence-corrected chi connectivity index (χ3v) is 4.98. The van der Waals surface area contributed by atoms with Gasteiger partial charge in [-0.2, -0.15) is 0 Å². The molecule has 0 aromatic heterocycles. The van der Waals surface area contributed by atoms with Gasteiger partial charge in [0.05, 0.1) is 7.11 Å². The maximum Gasteiger partial charge on any atom is 0.339 e. The third kappa shape index (κ3) is 3.28. The molecule has 1 saturated heterocycles. The van der Waals surface area contributed by atoms with Crippen LogP contribution in [0.5, 0.6) is 5.75 Å². The van der Waals surface area contributed by atoms with Crippen LogP contribution in [0.4, 0.5) is 0 Å². The van der Waals surface area contributed by atoms with Gasteiger partial charge < -0.3 is 14.9 Å². The minimum Gasteiger partial charge on any atom is -0.496 e. The number of methoxy groups -OCH3 is 1. The smallest absolute Gasteiger partial charge is 0.339 e. The third-order valence-electron chi connectivity index (χ3n) is 4.98. The number of carboxylic acids is 2. The molecule has 1 unspecified atom stereocenters. The molecule has 136 valence electrons. The van der Waals surface area contributed by atoms with E-state index in [1.54, 1.807) is 12.1 Å². The van der Waals surface area contributed by atoms with Gasteiger partial charge in [0.2, 0.25) is 0 Å². The highest BCUT2D eigenvalue weighted by molar-refractivity contribution is 5.91. The van der Waals surface area contributed by atoms with Crippen LogP contribution in [0.3, 0.4) is 0 Å². The fourth-order valence-corrected chi connectivity index (χ4v) is 3.59. The fraction of sp³-hybridized carbons (Fsp3) is 0.300. The summed E-state index contributed by atoms with van der Waals surface area (Å²) in [7, 11) is 1.43. The van der Waals surface area contributed by atoms with Crippen molar-refractivity contribution in [1.29, 1.82) is 0 Å². The zero-order chi connectivity index (χ0) is 18.7. The highest BCUT2D eigenvalue weighted by Crippen LogP contribution is 2.36. The first-order valence-electron chi connectivity index (χ1n) is 8.38. The van der Waals surface area contributed by atoms with Crippen LogP contribution < -0.4 is 4.74 Å². The molecule has 0 spiro atoms. The van der Waals surface area contributed by atoms with Crippen LogP contribution in [-0.4, -0.2) is 47.3 Å². The van der Waals surface area contributed by atoms with Crippen LogP contribution in [0.1, 0.15) is 27.9 Å². The average molecular weight is 355 g/mol. The summed E-state index contributed by atoms with van der Waals surface area (Å²) >= 11 is 0. The Morgan fingerprint density at radius 2 is 1.88 bits per heavy atom. The van der Waals surface area contributed by atoms with Crippen molar-refractivity contribution in [1.82, 2.24) is 4.90 Å². The number of benzene rings is 2. The first-order chi connectivity index (χ1) is 12.5. The normalized spacial score (nSPS) is 20.0. The first kappa shape index (κ1) is 17.9. The van der Waals surface area contributed by atoms with E-state index in [9.17, 15) is 19.8 Å². The number of aliphatic carboxylic acids is 1. The van der Waals surface area contributed by atoms with Gasteiger partial charge >= 0.3 is 11.9 Å². The number of likely N-dealkylation sites (tertiary alicyclic amines) is 1. The first-order valence-corrected chi connectivity index (χ1v) is 8.38. The molecule has 26 heavy (non-hydrogen) atoms. The van der Waals surface area contributed by atoms with Crippen molar-refractivity contribution in [2.45, 2.75) is 18.4 Å². The summed E-state index contributed by atoms with van der Waals surface area (Å²) in [5.41, 5.74) is 0.800. The summed E-state index contributed by atoms with van der Waals surface area (Å²) in [5.74, 6) is -1.56. The van der Waals surface area contributed by atoms with E-state index in [-0.39, 0.29) is 5.56 Å². The van der Waals surface area contributed by atoms with Gasteiger partial charge in [-0.3, -0.25) is 9.69 Å². The monoisotopic (exact) mass is 355 g/mol. The Balaban J connectivity index is 1.82. The highest BCUT2D eigenvalue weighted by Gasteiger charge is 2.46. The van der Waals surface area contributed by atoms with E-state index in [0.717, 1.165) is 11.1 Å². The summed E-state index contributed by atoms with van der Waals surface area (Å²) < 4.78 is 5.08. The standard InChI is InChI=1S/C20H21NO5/c1-26-17-8-7-14(11-16(17)18(22)23)12-21-10-9-20(13-21,19(24)25)15-5-3-2-4-6-15/h2-8,11H,9-10,12-13H2,1H3,(H,22,23)(H,24,25). The van der Waals surface area contributed by atoms with Crippen molar-refractivity contribution in [3.8, 4) is 5.75 Å². The second-order valence-corrected chi connectivity index (χ2v) is 6.55. The molecular weight excluding hydrogens is 334 g/mol. The van der Waals surface area contributed by atoms with E-state index in [0.29, 0.717) is 31.8 Å². The molecule has 0 amide bonds. The molecule has 1 heterocycles. The van der Waals surface area contributed by atoms with E-state index >= 15 is 0 Å². The maximum absolute atomic E-state index is 12.0. The molecule has 2 aromatic carbocycles. The van der Waals surface area contributed by atoms with Crippen LogP contribution in [0.15, 0.2) is 48.5 Å². The van der Waals surface area contributed by atoms with Gasteiger partial charge in [0.25, 0.3) is 0 Å². The molecule has 3 rings (SSSR count). The van der Waals surface area contributed by atoms with E-state index in [1.807, 2.05) is 36.4 Å². The molecule has 2 aromatic rings. The van der Waals surface area contributed by atoms with E-state index in [1.165, 1.54) is 7.11 Å². The van der Waals surface area contributed by atoms with Crippen molar-refractivity contribution in [3.63, 3.8) is 0 Å². The van der Waals surface area contributed by atoms with Crippen LogP contribution >= 0.6 is 0 Å². The Kier molecular flexibility index (Phi) is 4.95. The average Bonchev–Trinajstić information content (AvgIpc) is 3.07. The van der Waals surface area contributed by atoms with Gasteiger partial charge in [-0.25, -0.2) is 4.79 Å². The molecular formula is C20H21NO5. The fourth-order valence-electron chi connectivity index (χ4n) is 3.59. The number of hydrogen-bond donors (Lipinski definition) is 2. The molecule has 0 saturated carbocycles. The number of carboxylic acid groups (broad SMARTS) is 2. The Morgan fingerprint density at radius 3 is 2.50 bits per heavy atom. The lowest BCUT2D eigenvalue weighted by molar-refractivity contribution is -0.143. The summed E-state index contributed by atoms with van der Waals surface area (Å²) in [6.45, 7) is 1.52. The number of carbonyl (C=O) groups is 2. The van der Waals surface area contributed by atoms with E-state index in [4.69, 9.17) is 4.74 Å². The van der Waals surface area contributed by atoms with Crippen molar-refractivity contribution in [2.75, 3.05) is 20.2 Å².